The predicted molar refractivity (Wildman–Crippen MR) is 207 cm³/mol. The van der Waals surface area contributed by atoms with Gasteiger partial charge in [-0.15, -0.1) is 0 Å². The number of carboxylic acid groups (broad SMARTS) is 1. The zero-order valence-electron chi connectivity index (χ0n) is 32.2. The number of aliphatic hydroxyl groups excluding tert-OH is 1. The number of aliphatic imine (C=N–C) groups is 1. The Morgan fingerprint density at radius 3 is 2.21 bits per heavy atom. The van der Waals surface area contributed by atoms with Crippen molar-refractivity contribution in [2.24, 2.45) is 10.9 Å². The Bertz CT molecular complexity index is 1790. The van der Waals surface area contributed by atoms with Gasteiger partial charge in [-0.2, -0.15) is 0 Å². The van der Waals surface area contributed by atoms with Gasteiger partial charge in [-0.25, -0.2) is 4.79 Å². The molecule has 15 heteroatoms. The first-order chi connectivity index (χ1) is 26.9. The summed E-state index contributed by atoms with van der Waals surface area (Å²) in [4.78, 5) is 40.7. The van der Waals surface area contributed by atoms with Crippen molar-refractivity contribution >= 4 is 23.3 Å². The number of rotatable bonds is 24. The molecule has 0 aliphatic carbocycles. The Hall–Kier alpha value is -5.35. The fraction of sp³-hybridized carbons (Fsp3) is 0.439. The summed E-state index contributed by atoms with van der Waals surface area (Å²) in [5.41, 5.74) is 1.68. The van der Waals surface area contributed by atoms with Crippen LogP contribution < -0.4 is 19.5 Å². The van der Waals surface area contributed by atoms with Crippen molar-refractivity contribution in [2.75, 3.05) is 52.7 Å². The molecule has 3 atom stereocenters. The van der Waals surface area contributed by atoms with Crippen LogP contribution in [-0.2, 0) is 30.4 Å². The van der Waals surface area contributed by atoms with Crippen molar-refractivity contribution in [3.63, 3.8) is 0 Å². The van der Waals surface area contributed by atoms with Crippen LogP contribution in [0.4, 0.5) is 5.69 Å². The summed E-state index contributed by atoms with van der Waals surface area (Å²) in [7, 11) is 0. The van der Waals surface area contributed by atoms with Crippen molar-refractivity contribution < 1.29 is 53.1 Å². The third-order valence-corrected chi connectivity index (χ3v) is 8.62. The van der Waals surface area contributed by atoms with E-state index >= 15 is 0 Å². The number of allylic oxidation sites excluding steroid dienone is 1. The van der Waals surface area contributed by atoms with Crippen molar-refractivity contribution in [1.29, 1.82) is 0 Å². The monoisotopic (exact) mass is 777 g/mol. The lowest BCUT2D eigenvalue weighted by Gasteiger charge is -2.30. The number of nitrogens with zero attached hydrogens (tertiary/aromatic N) is 2. The molecule has 1 aliphatic rings. The minimum absolute atomic E-state index is 0.0178. The average molecular weight is 778 g/mol. The molecule has 1 heterocycles. The van der Waals surface area contributed by atoms with Gasteiger partial charge in [0.2, 0.25) is 0 Å². The van der Waals surface area contributed by atoms with Crippen molar-refractivity contribution in [3.05, 3.63) is 105 Å². The van der Waals surface area contributed by atoms with Gasteiger partial charge in [-0.1, -0.05) is 24.3 Å². The molecule has 302 valence electrons. The number of esters is 1. The number of carbonyl (C=O) groups excluding carboxylic acids is 1. The summed E-state index contributed by atoms with van der Waals surface area (Å²) in [6.45, 7) is 10.2. The molecule has 0 spiro atoms. The lowest BCUT2D eigenvalue weighted by Crippen LogP contribution is -2.35. The van der Waals surface area contributed by atoms with Gasteiger partial charge in [0, 0.05) is 36.0 Å². The second-order valence-corrected chi connectivity index (χ2v) is 13.3. The number of carboxylic acids is 1. The van der Waals surface area contributed by atoms with Crippen LogP contribution in [0.2, 0.25) is 0 Å². The number of nitro benzene ring substituents is 1. The summed E-state index contributed by atoms with van der Waals surface area (Å²) in [5, 5.41) is 34.9. The first kappa shape index (κ1) is 43.4. The number of nitrogens with one attached hydrogen (secondary N) is 1. The molecule has 1 aliphatic heterocycles. The number of non-ortho nitro benzene ring substituents is 1. The predicted octanol–water partition coefficient (Wildman–Crippen LogP) is 5.49. The van der Waals surface area contributed by atoms with Gasteiger partial charge >= 0.3 is 11.9 Å². The van der Waals surface area contributed by atoms with Gasteiger partial charge in [-0.3, -0.25) is 19.9 Å². The number of carbonyl (C=O) groups is 2. The standard InChI is InChI=1S/C41H51N3O12/c1-27(2)52-20-19-51-25-30-9-11-36(12-10-30)56-26-33(45)24-42-17-6-18-53-34-13-15-35(16-14-34)54-21-22-55-41(48)38-29(4)43-28(3)37(40(46)47)39(38)31-7-5-8-32(23-31)44(49)50/h5,7-16,23,27,33,37,39,42,45H,6,17-22,24-26H2,1-4H3,(H,46,47). The third-order valence-electron chi connectivity index (χ3n) is 8.62. The number of hydrogen-bond donors (Lipinski definition) is 3. The highest BCUT2D eigenvalue weighted by Gasteiger charge is 2.42. The summed E-state index contributed by atoms with van der Waals surface area (Å²) in [6, 6.07) is 20.1. The Morgan fingerprint density at radius 1 is 0.893 bits per heavy atom. The molecule has 0 radical (unpaired) electrons. The van der Waals surface area contributed by atoms with Crippen molar-refractivity contribution in [1.82, 2.24) is 5.32 Å². The van der Waals surface area contributed by atoms with E-state index in [0.29, 0.717) is 68.7 Å². The Morgan fingerprint density at radius 2 is 1.55 bits per heavy atom. The van der Waals surface area contributed by atoms with Crippen LogP contribution in [-0.4, -0.2) is 97.7 Å². The van der Waals surface area contributed by atoms with Gasteiger partial charge < -0.3 is 44.0 Å². The van der Waals surface area contributed by atoms with Gasteiger partial charge in [0.25, 0.3) is 5.69 Å². The summed E-state index contributed by atoms with van der Waals surface area (Å²) < 4.78 is 33.8. The Labute approximate surface area is 326 Å². The molecule has 0 bridgehead atoms. The molecule has 0 amide bonds. The van der Waals surface area contributed by atoms with Crippen LogP contribution in [0.25, 0.3) is 0 Å². The SMILES string of the molecule is CC1=NC(C)=C(C(=O)OCCOc2ccc(OCCCNCC(O)COc3ccc(COCCOC(C)C)cc3)cc2)C(c2cccc([N+](=O)[O-])c2)C1C(=O)O. The maximum absolute atomic E-state index is 13.3. The van der Waals surface area contributed by atoms with Gasteiger partial charge in [0.05, 0.1) is 43.0 Å². The summed E-state index contributed by atoms with van der Waals surface area (Å²) in [6.07, 6.45) is 0.218. The number of hydrogen-bond acceptors (Lipinski definition) is 13. The number of aliphatic carboxylic acids is 1. The van der Waals surface area contributed by atoms with Gasteiger partial charge in [0.15, 0.2) is 0 Å². The molecule has 3 unspecified atom stereocenters. The van der Waals surface area contributed by atoms with E-state index in [1.165, 1.54) is 18.2 Å². The largest absolute Gasteiger partial charge is 0.494 e. The minimum Gasteiger partial charge on any atom is -0.494 e. The molecule has 0 aromatic heterocycles. The average Bonchev–Trinajstić information content (AvgIpc) is 3.17. The van der Waals surface area contributed by atoms with Crippen LogP contribution in [0.15, 0.2) is 89.1 Å². The van der Waals surface area contributed by atoms with Crippen LogP contribution in [0.5, 0.6) is 17.2 Å². The summed E-state index contributed by atoms with van der Waals surface area (Å²) >= 11 is 0. The van der Waals surface area contributed by atoms with E-state index in [1.54, 1.807) is 44.2 Å². The Balaban J connectivity index is 1.11. The molecule has 0 fully saturated rings. The number of ether oxygens (including phenoxy) is 6. The van der Waals surface area contributed by atoms with Crippen molar-refractivity contribution in [2.45, 2.75) is 58.8 Å². The van der Waals surface area contributed by atoms with E-state index in [1.807, 2.05) is 38.1 Å². The van der Waals surface area contributed by atoms with Crippen LogP contribution in [0, 0.1) is 16.0 Å². The molecule has 3 aromatic rings. The fourth-order valence-electron chi connectivity index (χ4n) is 5.94. The molecule has 0 saturated heterocycles. The Kier molecular flexibility index (Phi) is 17.2. The first-order valence-electron chi connectivity index (χ1n) is 18.5. The normalized spacial score (nSPS) is 15.9. The molecular weight excluding hydrogens is 726 g/mol. The third kappa shape index (κ3) is 13.7. The van der Waals surface area contributed by atoms with E-state index in [9.17, 15) is 29.9 Å². The lowest BCUT2D eigenvalue weighted by molar-refractivity contribution is -0.384. The maximum Gasteiger partial charge on any atom is 0.336 e. The molecule has 0 saturated carbocycles. The molecular formula is C41H51N3O12. The molecule has 4 rings (SSSR count). The van der Waals surface area contributed by atoms with E-state index in [4.69, 9.17) is 28.4 Å². The molecule has 3 aromatic carbocycles. The van der Waals surface area contributed by atoms with Gasteiger partial charge in [0.1, 0.15) is 49.1 Å². The van der Waals surface area contributed by atoms with E-state index < -0.39 is 34.8 Å². The quantitative estimate of drug-likeness (QED) is 0.0447. The van der Waals surface area contributed by atoms with Gasteiger partial charge in [-0.05, 0) is 88.2 Å². The van der Waals surface area contributed by atoms with Crippen molar-refractivity contribution in [3.8, 4) is 17.2 Å². The second kappa shape index (κ2) is 22.3. The summed E-state index contributed by atoms with van der Waals surface area (Å²) in [5.74, 6) is -2.40. The second-order valence-electron chi connectivity index (χ2n) is 13.3. The molecule has 15 nitrogen and oxygen atoms in total. The van der Waals surface area contributed by atoms with Crippen LogP contribution >= 0.6 is 0 Å². The van der Waals surface area contributed by atoms with Crippen LogP contribution in [0.3, 0.4) is 0 Å². The minimum atomic E-state index is -1.21. The number of nitro groups is 1. The van der Waals surface area contributed by atoms with E-state index in [2.05, 4.69) is 10.3 Å². The smallest absolute Gasteiger partial charge is 0.336 e. The highest BCUT2D eigenvalue weighted by molar-refractivity contribution is 6.06. The number of aliphatic hydroxyl groups is 1. The molecule has 56 heavy (non-hydrogen) atoms. The van der Waals surface area contributed by atoms with E-state index in [0.717, 1.165) is 5.56 Å². The highest BCUT2D eigenvalue weighted by atomic mass is 16.6. The topological polar surface area (TPSA) is 198 Å². The fourth-order valence-corrected chi connectivity index (χ4v) is 5.94. The first-order valence-corrected chi connectivity index (χ1v) is 18.5. The zero-order chi connectivity index (χ0) is 40.5. The number of benzene rings is 3. The van der Waals surface area contributed by atoms with E-state index in [-0.39, 0.29) is 48.6 Å². The van der Waals surface area contributed by atoms with Crippen LogP contribution in [0.1, 0.15) is 51.2 Å². The molecule has 3 N–H and O–H groups in total. The zero-order valence-corrected chi connectivity index (χ0v) is 32.2. The maximum atomic E-state index is 13.3. The lowest BCUT2D eigenvalue weighted by atomic mass is 9.75. The highest BCUT2D eigenvalue weighted by Crippen LogP contribution is 2.40.